The molecule has 0 unspecified atom stereocenters. The van der Waals surface area contributed by atoms with Crippen molar-refractivity contribution < 1.29 is 33.0 Å². The lowest BCUT2D eigenvalue weighted by Gasteiger charge is -2.11. The fraction of sp³-hybridized carbons (Fsp3) is 0.333. The van der Waals surface area contributed by atoms with Crippen molar-refractivity contribution in [2.75, 3.05) is 0 Å². The minimum absolute atomic E-state index is 0.139. The number of nitrogens with zero attached hydrogens (tertiary/aromatic N) is 2. The number of rotatable bonds is 2. The lowest BCUT2D eigenvalue weighted by atomic mass is 10.0. The number of amidine groups is 1. The van der Waals surface area contributed by atoms with E-state index in [4.69, 9.17) is 10.2 Å². The van der Waals surface area contributed by atoms with Crippen LogP contribution in [0, 0.1) is 0 Å². The third kappa shape index (κ3) is 1.67. The molecule has 1 aliphatic rings. The number of aliphatic imine (C=N–C) groups is 2. The summed E-state index contributed by atoms with van der Waals surface area (Å²) in [7, 11) is 0. The van der Waals surface area contributed by atoms with Crippen molar-refractivity contribution in [3.63, 3.8) is 0 Å². The van der Waals surface area contributed by atoms with Crippen molar-refractivity contribution in [2.24, 2.45) is 9.98 Å². The van der Waals surface area contributed by atoms with Gasteiger partial charge in [-0.3, -0.25) is 0 Å². The van der Waals surface area contributed by atoms with Crippen LogP contribution in [-0.2, 0) is 9.59 Å². The molecule has 1 rings (SSSR count). The molecule has 0 saturated heterocycles. The third-order valence-corrected chi connectivity index (χ3v) is 1.56. The molecule has 15 heavy (non-hydrogen) atoms. The summed E-state index contributed by atoms with van der Waals surface area (Å²) in [6.45, 7) is 0. The Morgan fingerprint density at radius 1 is 1.27 bits per heavy atom. The molecule has 0 saturated carbocycles. The van der Waals surface area contributed by atoms with Crippen LogP contribution in [0.4, 0.5) is 13.2 Å². The van der Waals surface area contributed by atoms with Crippen LogP contribution in [-0.4, -0.2) is 45.9 Å². The number of carboxylic acids is 2. The normalized spacial score (nSPS) is 18.7. The Bertz CT molecular complexity index is 370. The molecule has 9 heteroatoms. The van der Waals surface area contributed by atoms with Crippen LogP contribution in [0.25, 0.3) is 0 Å². The van der Waals surface area contributed by atoms with Gasteiger partial charge in [-0.1, -0.05) is 0 Å². The van der Waals surface area contributed by atoms with E-state index >= 15 is 0 Å². The molecule has 0 atom stereocenters. The van der Waals surface area contributed by atoms with Gasteiger partial charge in [-0.15, -0.1) is 0 Å². The number of hydrogen-bond acceptors (Lipinski definition) is 4. The SMILES string of the molecule is O=C(O)C1(C(=O)O)C=NC(C(F)(F)F)=N1. The number of aliphatic carboxylic acids is 2. The fourth-order valence-electron chi connectivity index (χ4n) is 0.813. The monoisotopic (exact) mass is 224 g/mol. The Morgan fingerprint density at radius 2 is 1.73 bits per heavy atom. The molecule has 2 N–H and O–H groups in total. The fourth-order valence-corrected chi connectivity index (χ4v) is 0.813. The van der Waals surface area contributed by atoms with Gasteiger partial charge in [-0.05, 0) is 0 Å². The molecule has 0 fully saturated rings. The standard InChI is InChI=1S/C6H3F3N2O4/c7-6(8,9)2-10-1-5(11-2,3(12)13)4(14)15/h1H,(H,12,13)(H,14,15). The van der Waals surface area contributed by atoms with E-state index in [1.54, 1.807) is 0 Å². The van der Waals surface area contributed by atoms with Crippen molar-refractivity contribution in [2.45, 2.75) is 11.7 Å². The summed E-state index contributed by atoms with van der Waals surface area (Å²) in [4.78, 5) is 26.2. The maximum absolute atomic E-state index is 12.0. The topological polar surface area (TPSA) is 99.3 Å². The molecule has 1 heterocycles. The quantitative estimate of drug-likeness (QED) is 0.641. The number of halogens is 3. The summed E-state index contributed by atoms with van der Waals surface area (Å²) < 4.78 is 36.0. The van der Waals surface area contributed by atoms with Gasteiger partial charge in [0.15, 0.2) is 0 Å². The first-order valence-corrected chi connectivity index (χ1v) is 3.39. The van der Waals surface area contributed by atoms with Crippen LogP contribution < -0.4 is 0 Å². The number of hydrogen-bond donors (Lipinski definition) is 2. The van der Waals surface area contributed by atoms with Crippen LogP contribution in [0.5, 0.6) is 0 Å². The molecule has 0 radical (unpaired) electrons. The average molecular weight is 224 g/mol. The van der Waals surface area contributed by atoms with Crippen LogP contribution in [0.3, 0.4) is 0 Å². The maximum Gasteiger partial charge on any atom is 0.451 e. The largest absolute Gasteiger partial charge is 0.479 e. The van der Waals surface area contributed by atoms with E-state index in [2.05, 4.69) is 9.98 Å². The first-order chi connectivity index (χ1) is 6.70. The predicted octanol–water partition coefficient (Wildman–Crippen LogP) is -0.0604. The van der Waals surface area contributed by atoms with E-state index in [1.807, 2.05) is 0 Å². The van der Waals surface area contributed by atoms with Gasteiger partial charge in [0.05, 0.1) is 6.21 Å². The van der Waals surface area contributed by atoms with E-state index in [1.165, 1.54) is 0 Å². The van der Waals surface area contributed by atoms with Gasteiger partial charge in [-0.2, -0.15) is 13.2 Å². The van der Waals surface area contributed by atoms with Crippen molar-refractivity contribution in [3.8, 4) is 0 Å². The predicted molar refractivity (Wildman–Crippen MR) is 40.0 cm³/mol. The second kappa shape index (κ2) is 3.04. The van der Waals surface area contributed by atoms with E-state index in [0.717, 1.165) is 0 Å². The minimum atomic E-state index is -4.97. The number of carboxylic acid groups (broad SMARTS) is 2. The average Bonchev–Trinajstić information content (AvgIpc) is 2.46. The molecule has 0 aromatic heterocycles. The van der Waals surface area contributed by atoms with E-state index in [-0.39, 0.29) is 6.21 Å². The van der Waals surface area contributed by atoms with Crippen LogP contribution in [0.2, 0.25) is 0 Å². The van der Waals surface area contributed by atoms with E-state index in [0.29, 0.717) is 0 Å². The summed E-state index contributed by atoms with van der Waals surface area (Å²) in [6, 6.07) is 0. The lowest BCUT2D eigenvalue weighted by molar-refractivity contribution is -0.152. The van der Waals surface area contributed by atoms with Crippen molar-refractivity contribution in [1.29, 1.82) is 0 Å². The first kappa shape index (κ1) is 11.1. The van der Waals surface area contributed by atoms with Gasteiger partial charge in [0, 0.05) is 0 Å². The van der Waals surface area contributed by atoms with Crippen LogP contribution in [0.15, 0.2) is 9.98 Å². The van der Waals surface area contributed by atoms with Gasteiger partial charge in [0.1, 0.15) is 0 Å². The Kier molecular flexibility index (Phi) is 2.26. The Labute approximate surface area is 79.8 Å². The molecule has 1 aliphatic heterocycles. The molecule has 0 aliphatic carbocycles. The van der Waals surface area contributed by atoms with Gasteiger partial charge >= 0.3 is 18.1 Å². The molecule has 0 aromatic carbocycles. The van der Waals surface area contributed by atoms with Crippen LogP contribution >= 0.6 is 0 Å². The second-order valence-electron chi connectivity index (χ2n) is 2.57. The molecule has 0 aromatic rings. The minimum Gasteiger partial charge on any atom is -0.479 e. The van der Waals surface area contributed by atoms with Crippen molar-refractivity contribution >= 4 is 24.0 Å². The molecular formula is C6H3F3N2O4. The number of carbonyl (C=O) groups is 2. The maximum atomic E-state index is 12.0. The van der Waals surface area contributed by atoms with Gasteiger partial charge in [0.2, 0.25) is 5.84 Å². The molecule has 0 spiro atoms. The summed E-state index contributed by atoms with van der Waals surface area (Å²) >= 11 is 0. The highest BCUT2D eigenvalue weighted by Gasteiger charge is 2.52. The Balaban J connectivity index is 3.22. The molecule has 0 bridgehead atoms. The lowest BCUT2D eigenvalue weighted by Crippen LogP contribution is -2.45. The summed E-state index contributed by atoms with van der Waals surface area (Å²) in [5.41, 5.74) is -2.97. The molecular weight excluding hydrogens is 221 g/mol. The highest BCUT2D eigenvalue weighted by atomic mass is 19.4. The van der Waals surface area contributed by atoms with Gasteiger partial charge in [-0.25, -0.2) is 19.6 Å². The zero-order chi connectivity index (χ0) is 11.9. The summed E-state index contributed by atoms with van der Waals surface area (Å²) in [5, 5.41) is 16.9. The Hall–Kier alpha value is -1.93. The van der Waals surface area contributed by atoms with E-state index in [9.17, 15) is 22.8 Å². The van der Waals surface area contributed by atoms with E-state index < -0.39 is 29.5 Å². The molecule has 82 valence electrons. The highest BCUT2D eigenvalue weighted by molar-refractivity contribution is 6.24. The summed E-state index contributed by atoms with van der Waals surface area (Å²) in [6.07, 6.45) is -4.83. The zero-order valence-corrected chi connectivity index (χ0v) is 6.82. The number of alkyl halides is 3. The third-order valence-electron chi connectivity index (χ3n) is 1.56. The highest BCUT2D eigenvalue weighted by Crippen LogP contribution is 2.25. The first-order valence-electron chi connectivity index (χ1n) is 3.39. The Morgan fingerprint density at radius 3 is 1.93 bits per heavy atom. The molecule has 6 nitrogen and oxygen atoms in total. The van der Waals surface area contributed by atoms with Crippen LogP contribution in [0.1, 0.15) is 0 Å². The second-order valence-corrected chi connectivity index (χ2v) is 2.57. The molecule has 0 amide bonds. The van der Waals surface area contributed by atoms with Gasteiger partial charge in [0.25, 0.3) is 5.54 Å². The smallest absolute Gasteiger partial charge is 0.451 e. The summed E-state index contributed by atoms with van der Waals surface area (Å²) in [5.74, 6) is -5.83. The van der Waals surface area contributed by atoms with Crippen molar-refractivity contribution in [3.05, 3.63) is 0 Å². The van der Waals surface area contributed by atoms with Crippen molar-refractivity contribution in [1.82, 2.24) is 0 Å². The van der Waals surface area contributed by atoms with Gasteiger partial charge < -0.3 is 10.2 Å². The zero-order valence-electron chi connectivity index (χ0n) is 6.82.